The summed E-state index contributed by atoms with van der Waals surface area (Å²) in [5.74, 6) is 1.75. The van der Waals surface area contributed by atoms with Crippen LogP contribution in [0.1, 0.15) is 51.5 Å². The molecule has 2 heterocycles. The Morgan fingerprint density at radius 1 is 1.32 bits per heavy atom. The highest BCUT2D eigenvalue weighted by atomic mass is 32.1. The fourth-order valence-corrected chi connectivity index (χ4v) is 4.78. The van der Waals surface area contributed by atoms with Crippen LogP contribution >= 0.6 is 11.3 Å². The van der Waals surface area contributed by atoms with E-state index in [2.05, 4.69) is 24.4 Å². The standard InChI is InChI=1S/C20H23NO3S/c1-3-23-16-8-14-7-12(2)24-17(14)9-15(16)11-21-20(22)19-10-13-5-4-6-18(13)25-19/h8-10,12H,3-7,11H2,1-2H3,(H,21,22)/t12-/m1/s1. The van der Waals surface area contributed by atoms with E-state index in [0.29, 0.717) is 13.2 Å². The van der Waals surface area contributed by atoms with Crippen LogP contribution in [0.4, 0.5) is 0 Å². The maximum Gasteiger partial charge on any atom is 0.261 e. The lowest BCUT2D eigenvalue weighted by molar-refractivity contribution is 0.0954. The zero-order valence-corrected chi connectivity index (χ0v) is 15.5. The Labute approximate surface area is 152 Å². The van der Waals surface area contributed by atoms with Crippen molar-refractivity contribution >= 4 is 17.2 Å². The van der Waals surface area contributed by atoms with E-state index in [0.717, 1.165) is 41.2 Å². The normalized spacial score (nSPS) is 17.8. The molecule has 0 radical (unpaired) electrons. The molecular formula is C20H23NO3S. The van der Waals surface area contributed by atoms with E-state index in [1.165, 1.54) is 22.4 Å². The molecule has 2 aromatic rings. The average Bonchev–Trinajstić information content (AvgIpc) is 3.25. The second-order valence-electron chi connectivity index (χ2n) is 6.73. The highest BCUT2D eigenvalue weighted by molar-refractivity contribution is 7.14. The number of hydrogen-bond donors (Lipinski definition) is 1. The minimum Gasteiger partial charge on any atom is -0.494 e. The fraction of sp³-hybridized carbons (Fsp3) is 0.450. The van der Waals surface area contributed by atoms with Gasteiger partial charge < -0.3 is 14.8 Å². The van der Waals surface area contributed by atoms with Crippen LogP contribution < -0.4 is 14.8 Å². The number of amides is 1. The van der Waals surface area contributed by atoms with Crippen molar-refractivity contribution in [1.29, 1.82) is 0 Å². The third kappa shape index (κ3) is 3.25. The van der Waals surface area contributed by atoms with Gasteiger partial charge in [-0.1, -0.05) is 0 Å². The fourth-order valence-electron chi connectivity index (χ4n) is 3.61. The third-order valence-corrected chi connectivity index (χ3v) is 6.02. The number of thiophene rings is 1. The number of ether oxygens (including phenoxy) is 2. The number of carbonyl (C=O) groups is 1. The van der Waals surface area contributed by atoms with Crippen molar-refractivity contribution < 1.29 is 14.3 Å². The molecule has 0 fully saturated rings. The van der Waals surface area contributed by atoms with Crippen LogP contribution in [-0.4, -0.2) is 18.6 Å². The Balaban J connectivity index is 1.49. The van der Waals surface area contributed by atoms with Crippen molar-refractivity contribution in [2.75, 3.05) is 6.61 Å². The molecule has 2 aliphatic rings. The van der Waals surface area contributed by atoms with Gasteiger partial charge in [-0.2, -0.15) is 0 Å². The first-order valence-corrected chi connectivity index (χ1v) is 9.80. The Kier molecular flexibility index (Phi) is 4.42. The molecule has 4 rings (SSSR count). The van der Waals surface area contributed by atoms with Crippen LogP contribution in [0.25, 0.3) is 0 Å². The van der Waals surface area contributed by atoms with Gasteiger partial charge in [-0.05, 0) is 56.9 Å². The van der Waals surface area contributed by atoms with Gasteiger partial charge in [-0.25, -0.2) is 0 Å². The van der Waals surface area contributed by atoms with Gasteiger partial charge in [0.1, 0.15) is 17.6 Å². The number of hydrogen-bond acceptors (Lipinski definition) is 4. The van der Waals surface area contributed by atoms with Crippen molar-refractivity contribution in [2.24, 2.45) is 0 Å². The molecule has 25 heavy (non-hydrogen) atoms. The summed E-state index contributed by atoms with van der Waals surface area (Å²) in [4.78, 5) is 14.7. The number of rotatable bonds is 5. The number of fused-ring (bicyclic) bond motifs is 2. The molecule has 1 aromatic heterocycles. The number of benzene rings is 1. The minimum atomic E-state index is -0.00312. The average molecular weight is 357 g/mol. The monoisotopic (exact) mass is 357 g/mol. The maximum absolute atomic E-state index is 12.5. The van der Waals surface area contributed by atoms with Crippen LogP contribution in [0.2, 0.25) is 0 Å². The Morgan fingerprint density at radius 3 is 3.00 bits per heavy atom. The minimum absolute atomic E-state index is 0.00312. The summed E-state index contributed by atoms with van der Waals surface area (Å²) in [6.07, 6.45) is 4.54. The van der Waals surface area contributed by atoms with E-state index in [4.69, 9.17) is 9.47 Å². The van der Waals surface area contributed by atoms with Gasteiger partial charge in [0, 0.05) is 29.0 Å². The molecule has 1 N–H and O–H groups in total. The van der Waals surface area contributed by atoms with Crippen LogP contribution in [-0.2, 0) is 25.8 Å². The lowest BCUT2D eigenvalue weighted by Gasteiger charge is -2.13. The molecule has 5 heteroatoms. The molecule has 0 bridgehead atoms. The molecule has 0 saturated heterocycles. The molecule has 0 spiro atoms. The van der Waals surface area contributed by atoms with E-state index >= 15 is 0 Å². The van der Waals surface area contributed by atoms with Crippen molar-refractivity contribution in [1.82, 2.24) is 5.32 Å². The number of nitrogens with one attached hydrogen (secondary N) is 1. The first kappa shape index (κ1) is 16.5. The maximum atomic E-state index is 12.5. The predicted molar refractivity (Wildman–Crippen MR) is 98.9 cm³/mol. The van der Waals surface area contributed by atoms with Gasteiger partial charge in [-0.15, -0.1) is 11.3 Å². The first-order chi connectivity index (χ1) is 12.1. The van der Waals surface area contributed by atoms with Gasteiger partial charge in [-0.3, -0.25) is 4.79 Å². The SMILES string of the molecule is CCOc1cc2c(cc1CNC(=O)c1cc3c(s1)CCC3)O[C@H](C)C2. The molecule has 132 valence electrons. The van der Waals surface area contributed by atoms with Crippen molar-refractivity contribution in [2.45, 2.75) is 52.2 Å². The van der Waals surface area contributed by atoms with Crippen molar-refractivity contribution in [3.63, 3.8) is 0 Å². The Bertz CT molecular complexity index is 790. The van der Waals surface area contributed by atoms with Crippen LogP contribution in [0.15, 0.2) is 18.2 Å². The van der Waals surface area contributed by atoms with E-state index in [9.17, 15) is 4.79 Å². The van der Waals surface area contributed by atoms with E-state index in [1.807, 2.05) is 13.0 Å². The van der Waals surface area contributed by atoms with E-state index < -0.39 is 0 Å². The van der Waals surface area contributed by atoms with Gasteiger partial charge in [0.25, 0.3) is 5.91 Å². The summed E-state index contributed by atoms with van der Waals surface area (Å²) in [7, 11) is 0. The second-order valence-corrected chi connectivity index (χ2v) is 7.87. The quantitative estimate of drug-likeness (QED) is 0.883. The van der Waals surface area contributed by atoms with Crippen LogP contribution in [0.3, 0.4) is 0 Å². The zero-order valence-electron chi connectivity index (χ0n) is 14.7. The number of aryl methyl sites for hydroxylation is 2. The summed E-state index contributed by atoms with van der Waals surface area (Å²) in [6.45, 7) is 5.09. The van der Waals surface area contributed by atoms with E-state index in [1.54, 1.807) is 11.3 Å². The van der Waals surface area contributed by atoms with Crippen LogP contribution in [0.5, 0.6) is 11.5 Å². The van der Waals surface area contributed by atoms with Gasteiger partial charge >= 0.3 is 0 Å². The van der Waals surface area contributed by atoms with Crippen molar-refractivity contribution in [3.8, 4) is 11.5 Å². The summed E-state index contributed by atoms with van der Waals surface area (Å²) >= 11 is 1.63. The van der Waals surface area contributed by atoms with Gasteiger partial charge in [0.15, 0.2) is 0 Å². The highest BCUT2D eigenvalue weighted by Gasteiger charge is 2.23. The smallest absolute Gasteiger partial charge is 0.261 e. The molecule has 1 amide bonds. The molecule has 1 atom stereocenters. The molecule has 1 aromatic carbocycles. The molecule has 1 aliphatic heterocycles. The summed E-state index contributed by atoms with van der Waals surface area (Å²) in [5, 5.41) is 3.04. The summed E-state index contributed by atoms with van der Waals surface area (Å²) < 4.78 is 11.6. The lowest BCUT2D eigenvalue weighted by atomic mass is 10.1. The Morgan fingerprint density at radius 2 is 2.20 bits per heavy atom. The summed E-state index contributed by atoms with van der Waals surface area (Å²) in [6, 6.07) is 6.13. The largest absolute Gasteiger partial charge is 0.494 e. The Hall–Kier alpha value is -2.01. The van der Waals surface area contributed by atoms with Crippen LogP contribution in [0, 0.1) is 0 Å². The molecule has 4 nitrogen and oxygen atoms in total. The lowest BCUT2D eigenvalue weighted by Crippen LogP contribution is -2.22. The highest BCUT2D eigenvalue weighted by Crippen LogP contribution is 2.35. The third-order valence-electron chi connectivity index (χ3n) is 4.79. The van der Waals surface area contributed by atoms with E-state index in [-0.39, 0.29) is 12.0 Å². The molecule has 0 saturated carbocycles. The van der Waals surface area contributed by atoms with Gasteiger partial charge in [0.2, 0.25) is 0 Å². The second kappa shape index (κ2) is 6.71. The van der Waals surface area contributed by atoms with Crippen molar-refractivity contribution in [3.05, 3.63) is 44.6 Å². The predicted octanol–water partition coefficient (Wildman–Crippen LogP) is 3.89. The zero-order chi connectivity index (χ0) is 17.4. The topological polar surface area (TPSA) is 47.6 Å². The molecule has 1 aliphatic carbocycles. The number of carbonyl (C=O) groups excluding carboxylic acids is 1. The molecule has 0 unspecified atom stereocenters. The van der Waals surface area contributed by atoms with Gasteiger partial charge in [0.05, 0.1) is 11.5 Å². The first-order valence-electron chi connectivity index (χ1n) is 8.99. The molecular weight excluding hydrogens is 334 g/mol. The summed E-state index contributed by atoms with van der Waals surface area (Å²) in [5.41, 5.74) is 3.50.